The molecule has 0 aliphatic carbocycles. The van der Waals surface area contributed by atoms with E-state index in [0.29, 0.717) is 6.04 Å². The summed E-state index contributed by atoms with van der Waals surface area (Å²) in [5, 5.41) is 9.35. The minimum atomic E-state index is -0.122. The number of nitrogens with zero attached hydrogens (tertiary/aromatic N) is 2. The molecule has 1 unspecified atom stereocenters. The maximum atomic E-state index is 11.0. The number of aromatic amines is 1. The normalized spacial score (nSPS) is 23.2. The summed E-state index contributed by atoms with van der Waals surface area (Å²) in [6.07, 6.45) is 3.90. The van der Waals surface area contributed by atoms with Crippen LogP contribution in [-0.4, -0.2) is 27.4 Å². The van der Waals surface area contributed by atoms with Gasteiger partial charge in [0.2, 0.25) is 0 Å². The highest BCUT2D eigenvalue weighted by atomic mass is 16.1. The van der Waals surface area contributed by atoms with Crippen LogP contribution in [0.1, 0.15) is 12.8 Å². The quantitative estimate of drug-likeness (QED) is 0.615. The minimum absolute atomic E-state index is 0.122. The predicted octanol–water partition coefficient (Wildman–Crippen LogP) is -0.677. The van der Waals surface area contributed by atoms with E-state index in [1.807, 2.05) is 0 Å². The maximum absolute atomic E-state index is 11.0. The van der Waals surface area contributed by atoms with Gasteiger partial charge >= 0.3 is 5.69 Å². The number of hydrogen-bond acceptors (Lipinski definition) is 3. The highest BCUT2D eigenvalue weighted by molar-refractivity contribution is 4.76. The Morgan fingerprint density at radius 2 is 2.67 bits per heavy atom. The summed E-state index contributed by atoms with van der Waals surface area (Å²) in [4.78, 5) is 11.0. The highest BCUT2D eigenvalue weighted by Gasteiger charge is 2.14. The summed E-state index contributed by atoms with van der Waals surface area (Å²) in [5.74, 6) is 0. The van der Waals surface area contributed by atoms with E-state index in [1.54, 1.807) is 10.9 Å². The Bertz CT molecular complexity index is 296. The summed E-state index contributed by atoms with van der Waals surface area (Å²) in [6.45, 7) is 1.80. The molecule has 1 aromatic rings. The summed E-state index contributed by atoms with van der Waals surface area (Å²) in [6, 6.07) is 0.445. The second-order valence-corrected chi connectivity index (χ2v) is 3.11. The SMILES string of the molecule is O=c1[nH]ncn1CC1CCCN1. The molecule has 2 N–H and O–H groups in total. The van der Waals surface area contributed by atoms with Crippen molar-refractivity contribution in [2.45, 2.75) is 25.4 Å². The molecule has 0 bridgehead atoms. The van der Waals surface area contributed by atoms with Gasteiger partial charge in [-0.3, -0.25) is 4.57 Å². The maximum Gasteiger partial charge on any atom is 0.343 e. The van der Waals surface area contributed by atoms with Crippen LogP contribution >= 0.6 is 0 Å². The van der Waals surface area contributed by atoms with Crippen LogP contribution in [0.15, 0.2) is 11.1 Å². The van der Waals surface area contributed by atoms with E-state index in [2.05, 4.69) is 15.5 Å². The summed E-state index contributed by atoms with van der Waals surface area (Å²) in [5.41, 5.74) is -0.122. The fourth-order valence-corrected chi connectivity index (χ4v) is 1.55. The van der Waals surface area contributed by atoms with Crippen molar-refractivity contribution < 1.29 is 0 Å². The van der Waals surface area contributed by atoms with Crippen LogP contribution in [0.4, 0.5) is 0 Å². The molecule has 0 saturated carbocycles. The number of rotatable bonds is 2. The number of aromatic nitrogens is 3. The van der Waals surface area contributed by atoms with E-state index in [-0.39, 0.29) is 5.69 Å². The average Bonchev–Trinajstić information content (AvgIpc) is 2.65. The first-order chi connectivity index (χ1) is 5.86. The number of nitrogens with one attached hydrogen (secondary N) is 2. The van der Waals surface area contributed by atoms with Crippen molar-refractivity contribution in [3.63, 3.8) is 0 Å². The second kappa shape index (κ2) is 3.10. The molecule has 5 nitrogen and oxygen atoms in total. The van der Waals surface area contributed by atoms with E-state index in [1.165, 1.54) is 6.42 Å². The molecule has 0 radical (unpaired) electrons. The average molecular weight is 168 g/mol. The van der Waals surface area contributed by atoms with Crippen LogP contribution in [0.2, 0.25) is 0 Å². The highest BCUT2D eigenvalue weighted by Crippen LogP contribution is 2.05. The molecule has 1 saturated heterocycles. The van der Waals surface area contributed by atoms with Crippen molar-refractivity contribution in [1.82, 2.24) is 20.1 Å². The van der Waals surface area contributed by atoms with Crippen LogP contribution in [-0.2, 0) is 6.54 Å². The lowest BCUT2D eigenvalue weighted by molar-refractivity contribution is 0.500. The molecule has 1 fully saturated rings. The first-order valence-corrected chi connectivity index (χ1v) is 4.19. The van der Waals surface area contributed by atoms with E-state index in [0.717, 1.165) is 19.5 Å². The largest absolute Gasteiger partial charge is 0.343 e. The Balaban J connectivity index is 2.03. The molecule has 66 valence electrons. The standard InChI is InChI=1S/C7H12N4O/c12-7-10-9-5-11(7)4-6-2-1-3-8-6/h5-6,8H,1-4H2,(H,10,12). The van der Waals surface area contributed by atoms with Gasteiger partial charge in [-0.2, -0.15) is 5.10 Å². The molecule has 12 heavy (non-hydrogen) atoms. The van der Waals surface area contributed by atoms with Crippen LogP contribution < -0.4 is 11.0 Å². The van der Waals surface area contributed by atoms with Crippen molar-refractivity contribution in [3.8, 4) is 0 Å². The molecular formula is C7H12N4O. The van der Waals surface area contributed by atoms with Crippen LogP contribution in [0.3, 0.4) is 0 Å². The van der Waals surface area contributed by atoms with Gasteiger partial charge in [0.15, 0.2) is 0 Å². The van der Waals surface area contributed by atoms with E-state index in [4.69, 9.17) is 0 Å². The number of H-pyrrole nitrogens is 1. The third kappa shape index (κ3) is 1.40. The van der Waals surface area contributed by atoms with Crippen molar-refractivity contribution in [2.24, 2.45) is 0 Å². The fourth-order valence-electron chi connectivity index (χ4n) is 1.55. The molecule has 1 aromatic heterocycles. The first-order valence-electron chi connectivity index (χ1n) is 4.19. The molecule has 1 aliphatic rings. The molecule has 2 rings (SSSR count). The molecule has 0 amide bonds. The Kier molecular flexibility index (Phi) is 1.95. The zero-order valence-corrected chi connectivity index (χ0v) is 6.79. The predicted molar refractivity (Wildman–Crippen MR) is 43.9 cm³/mol. The van der Waals surface area contributed by atoms with E-state index in [9.17, 15) is 4.79 Å². The Morgan fingerprint density at radius 3 is 3.25 bits per heavy atom. The lowest BCUT2D eigenvalue weighted by Crippen LogP contribution is -2.30. The smallest absolute Gasteiger partial charge is 0.312 e. The van der Waals surface area contributed by atoms with Crippen molar-refractivity contribution in [1.29, 1.82) is 0 Å². The van der Waals surface area contributed by atoms with Crippen molar-refractivity contribution >= 4 is 0 Å². The van der Waals surface area contributed by atoms with Gasteiger partial charge in [0.1, 0.15) is 6.33 Å². The van der Waals surface area contributed by atoms with Crippen molar-refractivity contribution in [2.75, 3.05) is 6.54 Å². The van der Waals surface area contributed by atoms with Gasteiger partial charge in [-0.15, -0.1) is 0 Å². The van der Waals surface area contributed by atoms with Gasteiger partial charge in [-0.1, -0.05) is 0 Å². The van der Waals surface area contributed by atoms with Crippen molar-refractivity contribution in [3.05, 3.63) is 16.8 Å². The van der Waals surface area contributed by atoms with E-state index < -0.39 is 0 Å². The third-order valence-electron chi connectivity index (χ3n) is 2.20. The van der Waals surface area contributed by atoms with Gasteiger partial charge in [-0.25, -0.2) is 9.89 Å². The van der Waals surface area contributed by atoms with Gasteiger partial charge in [0, 0.05) is 12.6 Å². The Labute approximate surface area is 69.8 Å². The zero-order valence-electron chi connectivity index (χ0n) is 6.79. The minimum Gasteiger partial charge on any atom is -0.312 e. The third-order valence-corrected chi connectivity index (χ3v) is 2.20. The lowest BCUT2D eigenvalue weighted by Gasteiger charge is -2.08. The first kappa shape index (κ1) is 7.54. The molecule has 0 aromatic carbocycles. The molecule has 1 aliphatic heterocycles. The molecule has 1 atom stereocenters. The Hall–Kier alpha value is -1.10. The molecule has 2 heterocycles. The topological polar surface area (TPSA) is 62.7 Å². The van der Waals surface area contributed by atoms with Gasteiger partial charge in [0.25, 0.3) is 0 Å². The summed E-state index contributed by atoms with van der Waals surface area (Å²) >= 11 is 0. The zero-order chi connectivity index (χ0) is 8.39. The lowest BCUT2D eigenvalue weighted by atomic mass is 10.2. The van der Waals surface area contributed by atoms with Gasteiger partial charge in [0.05, 0.1) is 0 Å². The fraction of sp³-hybridized carbons (Fsp3) is 0.714. The van der Waals surface area contributed by atoms with Crippen LogP contribution in [0.5, 0.6) is 0 Å². The molecular weight excluding hydrogens is 156 g/mol. The number of hydrogen-bond donors (Lipinski definition) is 2. The van der Waals surface area contributed by atoms with E-state index >= 15 is 0 Å². The monoisotopic (exact) mass is 168 g/mol. The van der Waals surface area contributed by atoms with Gasteiger partial charge < -0.3 is 5.32 Å². The Morgan fingerprint density at radius 1 is 1.75 bits per heavy atom. The second-order valence-electron chi connectivity index (χ2n) is 3.11. The van der Waals surface area contributed by atoms with Gasteiger partial charge in [-0.05, 0) is 19.4 Å². The van der Waals surface area contributed by atoms with Crippen LogP contribution in [0.25, 0.3) is 0 Å². The molecule has 5 heteroatoms. The molecule has 0 spiro atoms. The van der Waals surface area contributed by atoms with Crippen LogP contribution in [0, 0.1) is 0 Å². The summed E-state index contributed by atoms with van der Waals surface area (Å²) < 4.78 is 1.60. The summed E-state index contributed by atoms with van der Waals surface area (Å²) in [7, 11) is 0.